The SMILES string of the molecule is Brc1cnc2oc3ccc4ccccc4c3c2n1. The molecule has 0 radical (unpaired) electrons. The molecule has 0 unspecified atom stereocenters. The zero-order valence-electron chi connectivity index (χ0n) is 9.22. The van der Waals surface area contributed by atoms with Crippen molar-refractivity contribution < 1.29 is 4.42 Å². The van der Waals surface area contributed by atoms with Crippen molar-refractivity contribution in [3.63, 3.8) is 0 Å². The third-order valence-electron chi connectivity index (χ3n) is 3.04. The van der Waals surface area contributed by atoms with Crippen molar-refractivity contribution in [3.05, 3.63) is 47.2 Å². The normalized spacial score (nSPS) is 11.6. The fourth-order valence-corrected chi connectivity index (χ4v) is 2.56. The summed E-state index contributed by atoms with van der Waals surface area (Å²) in [5, 5.41) is 3.34. The minimum absolute atomic E-state index is 0.574. The number of furan rings is 1. The molecular weight excluding hydrogens is 292 g/mol. The summed E-state index contributed by atoms with van der Waals surface area (Å²) in [4.78, 5) is 8.72. The predicted molar refractivity (Wildman–Crippen MR) is 74.5 cm³/mol. The Kier molecular flexibility index (Phi) is 1.96. The molecule has 0 aliphatic rings. The van der Waals surface area contributed by atoms with E-state index in [0.29, 0.717) is 10.3 Å². The summed E-state index contributed by atoms with van der Waals surface area (Å²) in [5.41, 5.74) is 2.20. The first-order valence-corrected chi connectivity index (χ1v) is 6.35. The van der Waals surface area contributed by atoms with Crippen LogP contribution >= 0.6 is 15.9 Å². The second-order valence-electron chi connectivity index (χ2n) is 4.11. The first-order chi connectivity index (χ1) is 8.83. The van der Waals surface area contributed by atoms with Gasteiger partial charge in [0.1, 0.15) is 15.7 Å². The zero-order valence-corrected chi connectivity index (χ0v) is 10.8. The third kappa shape index (κ3) is 1.29. The van der Waals surface area contributed by atoms with Crippen LogP contribution in [0.1, 0.15) is 0 Å². The minimum atomic E-state index is 0.574. The van der Waals surface area contributed by atoms with Crippen molar-refractivity contribution >= 4 is 48.9 Å². The summed E-state index contributed by atoms with van der Waals surface area (Å²) in [7, 11) is 0. The van der Waals surface area contributed by atoms with E-state index in [-0.39, 0.29) is 0 Å². The highest BCUT2D eigenvalue weighted by molar-refractivity contribution is 9.10. The van der Waals surface area contributed by atoms with Crippen LogP contribution in [0.2, 0.25) is 0 Å². The highest BCUT2D eigenvalue weighted by Crippen LogP contribution is 2.32. The van der Waals surface area contributed by atoms with Crippen molar-refractivity contribution in [3.8, 4) is 0 Å². The molecule has 0 atom stereocenters. The quantitative estimate of drug-likeness (QED) is 0.486. The summed E-state index contributed by atoms with van der Waals surface area (Å²) >= 11 is 3.35. The second kappa shape index (κ2) is 3.53. The first kappa shape index (κ1) is 10.0. The maximum atomic E-state index is 5.72. The number of aromatic nitrogens is 2. The van der Waals surface area contributed by atoms with Gasteiger partial charge in [0.2, 0.25) is 5.71 Å². The van der Waals surface area contributed by atoms with E-state index in [1.807, 2.05) is 18.2 Å². The molecule has 0 N–H and O–H groups in total. The highest BCUT2D eigenvalue weighted by atomic mass is 79.9. The first-order valence-electron chi connectivity index (χ1n) is 5.55. The van der Waals surface area contributed by atoms with Crippen LogP contribution in [-0.2, 0) is 0 Å². The van der Waals surface area contributed by atoms with Crippen molar-refractivity contribution in [1.29, 1.82) is 0 Å². The minimum Gasteiger partial charge on any atom is -0.436 e. The predicted octanol–water partition coefficient (Wildman–Crippen LogP) is 4.29. The summed E-state index contributed by atoms with van der Waals surface area (Å²) in [6.45, 7) is 0. The van der Waals surface area contributed by atoms with E-state index in [1.54, 1.807) is 6.20 Å². The van der Waals surface area contributed by atoms with E-state index in [1.165, 1.54) is 5.39 Å². The van der Waals surface area contributed by atoms with Gasteiger partial charge in [-0.15, -0.1) is 0 Å². The van der Waals surface area contributed by atoms with E-state index in [4.69, 9.17) is 4.42 Å². The average molecular weight is 299 g/mol. The van der Waals surface area contributed by atoms with Crippen LogP contribution in [0.4, 0.5) is 0 Å². The molecule has 3 nitrogen and oxygen atoms in total. The molecule has 2 aromatic heterocycles. The van der Waals surface area contributed by atoms with Crippen LogP contribution in [0, 0.1) is 0 Å². The van der Waals surface area contributed by atoms with Gasteiger partial charge in [-0.25, -0.2) is 9.97 Å². The van der Waals surface area contributed by atoms with E-state index < -0.39 is 0 Å². The highest BCUT2D eigenvalue weighted by Gasteiger charge is 2.12. The van der Waals surface area contributed by atoms with Gasteiger partial charge in [-0.3, -0.25) is 0 Å². The fraction of sp³-hybridized carbons (Fsp3) is 0. The summed E-state index contributed by atoms with van der Waals surface area (Å²) in [6, 6.07) is 12.2. The van der Waals surface area contributed by atoms with Crippen LogP contribution in [0.3, 0.4) is 0 Å². The van der Waals surface area contributed by atoms with Crippen molar-refractivity contribution in [2.24, 2.45) is 0 Å². The Morgan fingerprint density at radius 1 is 1.06 bits per heavy atom. The Labute approximate surface area is 111 Å². The number of hydrogen-bond donors (Lipinski definition) is 0. The lowest BCUT2D eigenvalue weighted by Gasteiger charge is -1.97. The Morgan fingerprint density at radius 2 is 1.94 bits per heavy atom. The van der Waals surface area contributed by atoms with E-state index in [9.17, 15) is 0 Å². The Morgan fingerprint density at radius 3 is 2.89 bits per heavy atom. The molecule has 0 saturated heterocycles. The van der Waals surface area contributed by atoms with Gasteiger partial charge < -0.3 is 4.42 Å². The molecular formula is C14H7BrN2O. The van der Waals surface area contributed by atoms with Gasteiger partial charge in [0, 0.05) is 0 Å². The van der Waals surface area contributed by atoms with Crippen molar-refractivity contribution in [2.75, 3.05) is 0 Å². The monoisotopic (exact) mass is 298 g/mol. The molecule has 2 heterocycles. The van der Waals surface area contributed by atoms with Crippen LogP contribution in [0.15, 0.2) is 51.6 Å². The maximum Gasteiger partial charge on any atom is 0.246 e. The summed E-state index contributed by atoms with van der Waals surface area (Å²) in [6.07, 6.45) is 1.65. The number of benzene rings is 2. The fourth-order valence-electron chi connectivity index (χ4n) is 2.28. The number of nitrogens with zero attached hydrogens (tertiary/aromatic N) is 2. The molecule has 2 aromatic carbocycles. The molecule has 0 aliphatic carbocycles. The molecule has 0 aliphatic heterocycles. The van der Waals surface area contributed by atoms with Gasteiger partial charge in [-0.2, -0.15) is 0 Å². The molecule has 0 fully saturated rings. The summed E-state index contributed by atoms with van der Waals surface area (Å²) in [5.74, 6) is 0. The van der Waals surface area contributed by atoms with E-state index >= 15 is 0 Å². The molecule has 4 rings (SSSR count). The van der Waals surface area contributed by atoms with Crippen LogP contribution in [0.25, 0.3) is 33.0 Å². The van der Waals surface area contributed by atoms with Crippen LogP contribution in [-0.4, -0.2) is 9.97 Å². The molecule has 4 aromatic rings. The maximum absolute atomic E-state index is 5.72. The number of halogens is 1. The molecule has 4 heteroatoms. The van der Waals surface area contributed by atoms with Gasteiger partial charge >= 0.3 is 0 Å². The smallest absolute Gasteiger partial charge is 0.246 e. The molecule has 0 amide bonds. The van der Waals surface area contributed by atoms with Crippen molar-refractivity contribution in [2.45, 2.75) is 0 Å². The van der Waals surface area contributed by atoms with Gasteiger partial charge in [-0.05, 0) is 32.8 Å². The number of rotatable bonds is 0. The zero-order chi connectivity index (χ0) is 12.1. The molecule has 0 bridgehead atoms. The van der Waals surface area contributed by atoms with Gasteiger partial charge in [0.15, 0.2) is 0 Å². The lowest BCUT2D eigenvalue weighted by Crippen LogP contribution is -1.80. The van der Waals surface area contributed by atoms with E-state index in [2.05, 4.69) is 44.1 Å². The van der Waals surface area contributed by atoms with Crippen LogP contribution < -0.4 is 0 Å². The molecule has 0 saturated carbocycles. The van der Waals surface area contributed by atoms with E-state index in [0.717, 1.165) is 21.9 Å². The van der Waals surface area contributed by atoms with Crippen molar-refractivity contribution in [1.82, 2.24) is 9.97 Å². The Bertz CT molecular complexity index is 898. The average Bonchev–Trinajstić information content (AvgIpc) is 2.77. The lowest BCUT2D eigenvalue weighted by atomic mass is 10.1. The largest absolute Gasteiger partial charge is 0.436 e. The van der Waals surface area contributed by atoms with Crippen LogP contribution in [0.5, 0.6) is 0 Å². The lowest BCUT2D eigenvalue weighted by molar-refractivity contribution is 0.653. The van der Waals surface area contributed by atoms with Gasteiger partial charge in [0.05, 0.1) is 11.6 Å². The summed E-state index contributed by atoms with van der Waals surface area (Å²) < 4.78 is 6.43. The number of fused-ring (bicyclic) bond motifs is 5. The standard InChI is InChI=1S/C14H7BrN2O/c15-11-7-16-14-13(17-11)12-9-4-2-1-3-8(9)5-6-10(12)18-14/h1-7H. The Hall–Kier alpha value is -1.94. The van der Waals surface area contributed by atoms with Gasteiger partial charge in [-0.1, -0.05) is 30.3 Å². The second-order valence-corrected chi connectivity index (χ2v) is 4.92. The van der Waals surface area contributed by atoms with Gasteiger partial charge in [0.25, 0.3) is 0 Å². The molecule has 18 heavy (non-hydrogen) atoms. The third-order valence-corrected chi connectivity index (χ3v) is 3.43. The molecule has 86 valence electrons. The number of hydrogen-bond acceptors (Lipinski definition) is 3. The Balaban J connectivity index is 2.35. The molecule has 0 spiro atoms. The topological polar surface area (TPSA) is 38.9 Å².